The molecule has 0 aliphatic carbocycles. The van der Waals surface area contributed by atoms with Crippen LogP contribution in [0.3, 0.4) is 0 Å². The number of thiophene rings is 1. The lowest BCUT2D eigenvalue weighted by Gasteiger charge is -2.14. The van der Waals surface area contributed by atoms with Crippen LogP contribution in [0.15, 0.2) is 35.7 Å². The topological polar surface area (TPSA) is 41.1 Å². The molecular weight excluding hydrogens is 313 g/mol. The van der Waals surface area contributed by atoms with Gasteiger partial charge in [0, 0.05) is 17.9 Å². The molecule has 1 amide bonds. The van der Waals surface area contributed by atoms with Gasteiger partial charge in [0.05, 0.1) is 10.4 Å². The molecule has 0 fully saturated rings. The van der Waals surface area contributed by atoms with Crippen molar-refractivity contribution in [2.24, 2.45) is 0 Å². The fraction of sp³-hybridized carbons (Fsp3) is 0.267. The second-order valence-corrected chi connectivity index (χ2v) is 5.60. The highest BCUT2D eigenvalue weighted by Crippen LogP contribution is 2.33. The van der Waals surface area contributed by atoms with Crippen molar-refractivity contribution in [1.82, 2.24) is 0 Å². The van der Waals surface area contributed by atoms with Crippen molar-refractivity contribution in [3.05, 3.63) is 46.2 Å². The summed E-state index contributed by atoms with van der Waals surface area (Å²) >= 11 is 1.23. The van der Waals surface area contributed by atoms with E-state index >= 15 is 0 Å². The van der Waals surface area contributed by atoms with E-state index < -0.39 is 17.6 Å². The Morgan fingerprint density at radius 2 is 1.95 bits per heavy atom. The van der Waals surface area contributed by atoms with E-state index in [9.17, 15) is 18.0 Å². The largest absolute Gasteiger partial charge is 0.416 e. The molecule has 0 bridgehead atoms. The zero-order valence-corrected chi connectivity index (χ0v) is 12.6. The molecule has 0 saturated heterocycles. The number of carbonyl (C=O) groups is 1. The number of carbonyl (C=O) groups excluding carboxylic acids is 1. The second kappa shape index (κ2) is 6.83. The first-order valence-corrected chi connectivity index (χ1v) is 7.59. The summed E-state index contributed by atoms with van der Waals surface area (Å²) in [4.78, 5) is 12.4. The molecule has 0 aliphatic rings. The molecule has 0 atom stereocenters. The van der Waals surface area contributed by atoms with Gasteiger partial charge in [0.25, 0.3) is 5.91 Å². The molecule has 1 aromatic carbocycles. The minimum atomic E-state index is -4.47. The Labute approximate surface area is 130 Å². The van der Waals surface area contributed by atoms with Crippen LogP contribution in [0.5, 0.6) is 0 Å². The first kappa shape index (κ1) is 16.4. The third-order valence-corrected chi connectivity index (χ3v) is 3.71. The van der Waals surface area contributed by atoms with Crippen molar-refractivity contribution in [2.45, 2.75) is 19.5 Å². The Morgan fingerprint density at radius 1 is 1.23 bits per heavy atom. The minimum Gasteiger partial charge on any atom is -0.385 e. The predicted molar refractivity (Wildman–Crippen MR) is 82.5 cm³/mol. The van der Waals surface area contributed by atoms with E-state index in [1.165, 1.54) is 17.4 Å². The highest BCUT2D eigenvalue weighted by molar-refractivity contribution is 7.12. The smallest absolute Gasteiger partial charge is 0.385 e. The highest BCUT2D eigenvalue weighted by atomic mass is 32.1. The predicted octanol–water partition coefficient (Wildman–Crippen LogP) is 4.84. The summed E-state index contributed by atoms with van der Waals surface area (Å²) < 4.78 is 38.8. The number of nitrogens with one attached hydrogen (secondary N) is 2. The molecule has 22 heavy (non-hydrogen) atoms. The molecule has 1 heterocycles. The van der Waals surface area contributed by atoms with Gasteiger partial charge in [-0.2, -0.15) is 13.2 Å². The average Bonchev–Trinajstić information content (AvgIpc) is 2.98. The van der Waals surface area contributed by atoms with Crippen LogP contribution in [0.1, 0.15) is 28.6 Å². The Bertz CT molecular complexity index is 639. The lowest BCUT2D eigenvalue weighted by atomic mass is 10.1. The van der Waals surface area contributed by atoms with Gasteiger partial charge in [0.15, 0.2) is 0 Å². The molecule has 0 radical (unpaired) electrons. The van der Waals surface area contributed by atoms with Gasteiger partial charge >= 0.3 is 6.18 Å². The van der Waals surface area contributed by atoms with Crippen LogP contribution in [0.4, 0.5) is 24.5 Å². The first-order valence-electron chi connectivity index (χ1n) is 6.71. The molecule has 118 valence electrons. The van der Waals surface area contributed by atoms with Crippen molar-refractivity contribution >= 4 is 28.6 Å². The molecule has 0 saturated carbocycles. The van der Waals surface area contributed by atoms with Crippen LogP contribution < -0.4 is 10.6 Å². The summed E-state index contributed by atoms with van der Waals surface area (Å²) in [7, 11) is 0. The van der Waals surface area contributed by atoms with Crippen LogP contribution in [0.25, 0.3) is 0 Å². The lowest BCUT2D eigenvalue weighted by molar-refractivity contribution is -0.137. The zero-order chi connectivity index (χ0) is 16.2. The van der Waals surface area contributed by atoms with E-state index in [1.54, 1.807) is 17.5 Å². The van der Waals surface area contributed by atoms with Gasteiger partial charge in [-0.25, -0.2) is 0 Å². The van der Waals surface area contributed by atoms with Crippen LogP contribution in [0, 0.1) is 0 Å². The fourth-order valence-electron chi connectivity index (χ4n) is 1.84. The van der Waals surface area contributed by atoms with Gasteiger partial charge in [-0.3, -0.25) is 4.79 Å². The SMILES string of the molecule is CCCNc1cc(NC(=O)c2cccs2)cc(C(F)(F)F)c1. The van der Waals surface area contributed by atoms with Gasteiger partial charge in [-0.1, -0.05) is 13.0 Å². The van der Waals surface area contributed by atoms with Crippen LogP contribution in [0.2, 0.25) is 0 Å². The maximum Gasteiger partial charge on any atom is 0.416 e. The fourth-order valence-corrected chi connectivity index (χ4v) is 2.45. The summed E-state index contributed by atoms with van der Waals surface area (Å²) in [6.07, 6.45) is -3.68. The number of benzene rings is 1. The summed E-state index contributed by atoms with van der Waals surface area (Å²) in [5.74, 6) is -0.421. The molecule has 0 unspecified atom stereocenters. The molecule has 1 aromatic heterocycles. The summed E-state index contributed by atoms with van der Waals surface area (Å²) in [6.45, 7) is 2.47. The molecule has 2 aromatic rings. The van der Waals surface area contributed by atoms with Crippen molar-refractivity contribution in [3.63, 3.8) is 0 Å². The Balaban J connectivity index is 2.27. The average molecular weight is 328 g/mol. The lowest BCUT2D eigenvalue weighted by Crippen LogP contribution is -2.13. The quantitative estimate of drug-likeness (QED) is 0.824. The van der Waals surface area contributed by atoms with E-state index in [0.29, 0.717) is 17.1 Å². The Kier molecular flexibility index (Phi) is 5.07. The number of hydrogen-bond donors (Lipinski definition) is 2. The van der Waals surface area contributed by atoms with Gasteiger partial charge in [-0.05, 0) is 36.1 Å². The van der Waals surface area contributed by atoms with Crippen LogP contribution in [-0.2, 0) is 6.18 Å². The van der Waals surface area contributed by atoms with Gasteiger partial charge in [-0.15, -0.1) is 11.3 Å². The molecule has 0 aliphatic heterocycles. The number of halogens is 3. The number of rotatable bonds is 5. The van der Waals surface area contributed by atoms with Gasteiger partial charge in [0.1, 0.15) is 0 Å². The number of alkyl halides is 3. The van der Waals surface area contributed by atoms with Crippen molar-refractivity contribution in [1.29, 1.82) is 0 Å². The summed E-state index contributed by atoms with van der Waals surface area (Å²) in [5.41, 5.74) is -0.347. The number of hydrogen-bond acceptors (Lipinski definition) is 3. The zero-order valence-electron chi connectivity index (χ0n) is 11.8. The molecule has 7 heteroatoms. The van der Waals surface area contributed by atoms with Crippen LogP contribution >= 0.6 is 11.3 Å². The minimum absolute atomic E-state index is 0.117. The maximum absolute atomic E-state index is 12.9. The summed E-state index contributed by atoms with van der Waals surface area (Å²) in [6, 6.07) is 6.79. The number of anilines is 2. The van der Waals surface area contributed by atoms with E-state index in [1.807, 2.05) is 6.92 Å². The third kappa shape index (κ3) is 4.24. The Morgan fingerprint density at radius 3 is 2.55 bits per heavy atom. The van der Waals surface area contributed by atoms with Crippen LogP contribution in [-0.4, -0.2) is 12.5 Å². The van der Waals surface area contributed by atoms with Gasteiger partial charge in [0.2, 0.25) is 0 Å². The summed E-state index contributed by atoms with van der Waals surface area (Å²) in [5, 5.41) is 7.14. The van der Waals surface area contributed by atoms with E-state index in [4.69, 9.17) is 0 Å². The highest BCUT2D eigenvalue weighted by Gasteiger charge is 2.31. The van der Waals surface area contributed by atoms with E-state index in [-0.39, 0.29) is 5.69 Å². The van der Waals surface area contributed by atoms with Crippen molar-refractivity contribution < 1.29 is 18.0 Å². The van der Waals surface area contributed by atoms with E-state index in [0.717, 1.165) is 18.6 Å². The van der Waals surface area contributed by atoms with Gasteiger partial charge < -0.3 is 10.6 Å². The van der Waals surface area contributed by atoms with Crippen molar-refractivity contribution in [2.75, 3.05) is 17.2 Å². The van der Waals surface area contributed by atoms with E-state index in [2.05, 4.69) is 10.6 Å². The monoisotopic (exact) mass is 328 g/mol. The second-order valence-electron chi connectivity index (χ2n) is 4.65. The third-order valence-electron chi connectivity index (χ3n) is 2.84. The Hall–Kier alpha value is -2.02. The molecule has 3 nitrogen and oxygen atoms in total. The molecular formula is C15H15F3N2OS. The number of amides is 1. The first-order chi connectivity index (χ1) is 10.4. The normalized spacial score (nSPS) is 11.3. The molecule has 0 spiro atoms. The van der Waals surface area contributed by atoms with Crippen molar-refractivity contribution in [3.8, 4) is 0 Å². The molecule has 2 rings (SSSR count). The standard InChI is InChI=1S/C15H15F3N2OS/c1-2-5-19-11-7-10(15(16,17)18)8-12(9-11)20-14(21)13-4-3-6-22-13/h3-4,6-9,19H,2,5H2,1H3,(H,20,21). The molecule has 2 N–H and O–H groups in total. The maximum atomic E-state index is 12.9.